The summed E-state index contributed by atoms with van der Waals surface area (Å²) in [4.78, 5) is 17.3. The molecule has 1 N–H and O–H groups in total. The third-order valence-electron chi connectivity index (χ3n) is 5.57. The van der Waals surface area contributed by atoms with E-state index in [1.54, 1.807) is 10.4 Å². The van der Waals surface area contributed by atoms with Crippen molar-refractivity contribution >= 4 is 42.6 Å². The summed E-state index contributed by atoms with van der Waals surface area (Å²) < 4.78 is 39.1. The third kappa shape index (κ3) is 3.75. The number of benzene rings is 2. The molecule has 1 atom stereocenters. The summed E-state index contributed by atoms with van der Waals surface area (Å²) in [5, 5.41) is 3.22. The van der Waals surface area contributed by atoms with Gasteiger partial charge in [-0.2, -0.15) is 4.31 Å². The van der Waals surface area contributed by atoms with Crippen molar-refractivity contribution in [1.82, 2.24) is 9.29 Å². The lowest BCUT2D eigenvalue weighted by Gasteiger charge is -2.32. The normalized spacial score (nSPS) is 18.9. The molecule has 0 spiro atoms. The maximum Gasteiger partial charge on any atom is 0.257 e. The molecule has 10 heteroatoms. The maximum absolute atomic E-state index is 13.0. The molecule has 3 aromatic rings. The minimum absolute atomic E-state index is 0.0158. The SMILES string of the molecule is CC1CCCCN1S(=O)(=O)c1ccc(C(=O)Nc2nc3cc4c(cc3s2)OCO4)cc1. The van der Waals surface area contributed by atoms with Gasteiger partial charge in [0.25, 0.3) is 5.91 Å². The Morgan fingerprint density at radius 1 is 1.16 bits per heavy atom. The van der Waals surface area contributed by atoms with Crippen molar-refractivity contribution in [3.63, 3.8) is 0 Å². The number of sulfonamides is 1. The predicted molar refractivity (Wildman–Crippen MR) is 117 cm³/mol. The van der Waals surface area contributed by atoms with Gasteiger partial charge in [0, 0.05) is 30.3 Å². The second-order valence-electron chi connectivity index (χ2n) is 7.63. The van der Waals surface area contributed by atoms with Crippen molar-refractivity contribution in [1.29, 1.82) is 0 Å². The van der Waals surface area contributed by atoms with E-state index in [0.29, 0.717) is 34.3 Å². The summed E-state index contributed by atoms with van der Waals surface area (Å²) in [6.07, 6.45) is 2.78. The van der Waals surface area contributed by atoms with E-state index in [1.807, 2.05) is 13.0 Å². The molecule has 1 aromatic heterocycles. The number of thiazole rings is 1. The number of carbonyl (C=O) groups excluding carboxylic acids is 1. The lowest BCUT2D eigenvalue weighted by molar-refractivity contribution is 0.102. The molecule has 0 saturated carbocycles. The van der Waals surface area contributed by atoms with Crippen LogP contribution in [-0.4, -0.2) is 43.0 Å². The van der Waals surface area contributed by atoms with E-state index in [9.17, 15) is 13.2 Å². The molecule has 0 aliphatic carbocycles. The lowest BCUT2D eigenvalue weighted by Crippen LogP contribution is -2.41. The Morgan fingerprint density at radius 3 is 2.65 bits per heavy atom. The molecular weight excluding hydrogens is 438 g/mol. The number of nitrogens with zero attached hydrogens (tertiary/aromatic N) is 2. The van der Waals surface area contributed by atoms with E-state index >= 15 is 0 Å². The number of fused-ring (bicyclic) bond motifs is 2. The first-order chi connectivity index (χ1) is 14.9. The van der Waals surface area contributed by atoms with E-state index in [-0.39, 0.29) is 23.6 Å². The van der Waals surface area contributed by atoms with Crippen LogP contribution >= 0.6 is 11.3 Å². The van der Waals surface area contributed by atoms with Gasteiger partial charge in [0.1, 0.15) is 0 Å². The summed E-state index contributed by atoms with van der Waals surface area (Å²) >= 11 is 1.33. The van der Waals surface area contributed by atoms with Crippen LogP contribution in [0.4, 0.5) is 5.13 Å². The molecule has 2 aliphatic rings. The largest absolute Gasteiger partial charge is 0.454 e. The standard InChI is InChI=1S/C21H21N3O5S2/c1-13-4-2-3-9-24(13)31(26,27)15-7-5-14(6-8-15)20(25)23-21-22-16-10-17-18(29-12-28-17)11-19(16)30-21/h5-8,10-11,13H,2-4,9,12H2,1H3,(H,22,23,25). The minimum atomic E-state index is -3.57. The lowest BCUT2D eigenvalue weighted by atomic mass is 10.1. The Balaban J connectivity index is 1.33. The van der Waals surface area contributed by atoms with Crippen molar-refractivity contribution in [2.24, 2.45) is 0 Å². The first-order valence-electron chi connectivity index (χ1n) is 10.1. The van der Waals surface area contributed by atoms with Crippen molar-refractivity contribution in [3.8, 4) is 11.5 Å². The van der Waals surface area contributed by atoms with Crippen molar-refractivity contribution in [2.75, 3.05) is 18.7 Å². The predicted octanol–water partition coefficient (Wildman–Crippen LogP) is 3.84. The highest BCUT2D eigenvalue weighted by molar-refractivity contribution is 7.89. The fourth-order valence-corrected chi connectivity index (χ4v) is 6.45. The molecule has 2 aliphatic heterocycles. The summed E-state index contributed by atoms with van der Waals surface area (Å²) in [5.74, 6) is 0.943. The van der Waals surface area contributed by atoms with Gasteiger partial charge in [-0.15, -0.1) is 0 Å². The molecule has 2 aromatic carbocycles. The van der Waals surface area contributed by atoms with Gasteiger partial charge in [0.05, 0.1) is 15.1 Å². The molecule has 3 heterocycles. The Morgan fingerprint density at radius 2 is 1.90 bits per heavy atom. The number of carbonyl (C=O) groups is 1. The van der Waals surface area contributed by atoms with Gasteiger partial charge >= 0.3 is 0 Å². The number of nitrogens with one attached hydrogen (secondary N) is 1. The van der Waals surface area contributed by atoms with Gasteiger partial charge in [-0.1, -0.05) is 17.8 Å². The smallest absolute Gasteiger partial charge is 0.257 e. The van der Waals surface area contributed by atoms with E-state index in [2.05, 4.69) is 10.3 Å². The van der Waals surface area contributed by atoms with Crippen LogP contribution in [0, 0.1) is 0 Å². The molecule has 1 unspecified atom stereocenters. The van der Waals surface area contributed by atoms with Crippen LogP contribution in [-0.2, 0) is 10.0 Å². The number of amides is 1. The fourth-order valence-electron chi connectivity index (χ4n) is 3.88. The average Bonchev–Trinajstić information content (AvgIpc) is 3.37. The molecule has 1 saturated heterocycles. The molecule has 1 amide bonds. The quantitative estimate of drug-likeness (QED) is 0.637. The van der Waals surface area contributed by atoms with E-state index in [0.717, 1.165) is 24.0 Å². The van der Waals surface area contributed by atoms with E-state index in [1.165, 1.54) is 35.6 Å². The highest BCUT2D eigenvalue weighted by Crippen LogP contribution is 2.39. The number of piperidine rings is 1. The number of ether oxygens (including phenoxy) is 2. The highest BCUT2D eigenvalue weighted by atomic mass is 32.2. The van der Waals surface area contributed by atoms with Gasteiger partial charge in [-0.25, -0.2) is 13.4 Å². The highest BCUT2D eigenvalue weighted by Gasteiger charge is 2.31. The summed E-state index contributed by atoms with van der Waals surface area (Å²) in [6.45, 7) is 2.66. The second-order valence-corrected chi connectivity index (χ2v) is 10.6. The number of anilines is 1. The van der Waals surface area contributed by atoms with Crippen molar-refractivity contribution in [2.45, 2.75) is 37.1 Å². The van der Waals surface area contributed by atoms with Crippen LogP contribution in [0.2, 0.25) is 0 Å². The van der Waals surface area contributed by atoms with Gasteiger partial charge in [0.2, 0.25) is 16.8 Å². The Labute approximate surface area is 183 Å². The second kappa shape index (κ2) is 7.77. The summed E-state index contributed by atoms with van der Waals surface area (Å²) in [6, 6.07) is 9.64. The fraction of sp³-hybridized carbons (Fsp3) is 0.333. The average molecular weight is 460 g/mol. The van der Waals surface area contributed by atoms with Crippen LogP contribution in [0.5, 0.6) is 11.5 Å². The summed E-state index contributed by atoms with van der Waals surface area (Å²) in [7, 11) is -3.57. The topological polar surface area (TPSA) is 97.8 Å². The Kier molecular flexibility index (Phi) is 5.07. The first-order valence-corrected chi connectivity index (χ1v) is 12.3. The van der Waals surface area contributed by atoms with Gasteiger partial charge in [0.15, 0.2) is 16.6 Å². The maximum atomic E-state index is 13.0. The number of rotatable bonds is 4. The van der Waals surface area contributed by atoms with Crippen LogP contribution in [0.3, 0.4) is 0 Å². The zero-order valence-corrected chi connectivity index (χ0v) is 18.5. The Hall–Kier alpha value is -2.69. The van der Waals surface area contributed by atoms with Crippen LogP contribution in [0.1, 0.15) is 36.5 Å². The number of hydrogen-bond acceptors (Lipinski definition) is 7. The van der Waals surface area contributed by atoms with Crippen LogP contribution in [0.15, 0.2) is 41.3 Å². The van der Waals surface area contributed by atoms with E-state index < -0.39 is 10.0 Å². The Bertz CT molecular complexity index is 1210. The van der Waals surface area contributed by atoms with Crippen LogP contribution < -0.4 is 14.8 Å². The molecule has 8 nitrogen and oxygen atoms in total. The summed E-state index contributed by atoms with van der Waals surface area (Å²) in [5.41, 5.74) is 1.07. The third-order valence-corrected chi connectivity index (χ3v) is 8.53. The molecule has 31 heavy (non-hydrogen) atoms. The monoisotopic (exact) mass is 459 g/mol. The molecular formula is C21H21N3O5S2. The van der Waals surface area contributed by atoms with Gasteiger partial charge in [-0.05, 0) is 44.0 Å². The zero-order chi connectivity index (χ0) is 21.6. The molecule has 0 bridgehead atoms. The van der Waals surface area contributed by atoms with Crippen molar-refractivity contribution in [3.05, 3.63) is 42.0 Å². The zero-order valence-electron chi connectivity index (χ0n) is 16.8. The van der Waals surface area contributed by atoms with E-state index in [4.69, 9.17) is 9.47 Å². The first kappa shape index (κ1) is 20.2. The molecule has 162 valence electrons. The number of aromatic nitrogens is 1. The molecule has 5 rings (SSSR count). The number of hydrogen-bond donors (Lipinski definition) is 1. The van der Waals surface area contributed by atoms with Crippen molar-refractivity contribution < 1.29 is 22.7 Å². The van der Waals surface area contributed by atoms with Gasteiger partial charge < -0.3 is 9.47 Å². The van der Waals surface area contributed by atoms with Crippen LogP contribution in [0.25, 0.3) is 10.2 Å². The molecule has 1 fully saturated rings. The van der Waals surface area contributed by atoms with Gasteiger partial charge in [-0.3, -0.25) is 10.1 Å². The molecule has 0 radical (unpaired) electrons. The minimum Gasteiger partial charge on any atom is -0.454 e.